The van der Waals surface area contributed by atoms with Gasteiger partial charge in [-0.3, -0.25) is 9.69 Å². The molecular weight excluding hydrogens is 426 g/mol. The van der Waals surface area contributed by atoms with Crippen LogP contribution in [0.2, 0.25) is 0 Å². The number of ketones is 1. The van der Waals surface area contributed by atoms with E-state index in [0.29, 0.717) is 23.2 Å². The largest absolute Gasteiger partial charge is 0.497 e. The van der Waals surface area contributed by atoms with Crippen molar-refractivity contribution < 1.29 is 19.1 Å². The zero-order valence-corrected chi connectivity index (χ0v) is 19.8. The molecule has 1 atom stereocenters. The Labute approximate surface area is 199 Å². The predicted octanol–water partition coefficient (Wildman–Crippen LogP) is 5.87. The molecule has 172 valence electrons. The lowest BCUT2D eigenvalue weighted by Crippen LogP contribution is -2.56. The number of aryl methyl sites for hydroxylation is 1. The summed E-state index contributed by atoms with van der Waals surface area (Å²) in [5, 5.41) is 0. The van der Waals surface area contributed by atoms with E-state index in [1.165, 1.54) is 0 Å². The van der Waals surface area contributed by atoms with Gasteiger partial charge < -0.3 is 9.47 Å². The summed E-state index contributed by atoms with van der Waals surface area (Å²) in [6.07, 6.45) is 0.376. The molecule has 0 saturated heterocycles. The van der Waals surface area contributed by atoms with E-state index < -0.39 is 11.7 Å². The summed E-state index contributed by atoms with van der Waals surface area (Å²) in [5.41, 5.74) is 3.73. The standard InChI is InChI=1S/C29H27NO4/c1-18(2)17-29-27(31)25(20-11-9-19(3)10-12-20)26(21-13-15-22(33-4)16-14-21)30(29)24-8-6-5-7-23(24)28(32)34-29/h5-16,18H,17H2,1-4H3. The van der Waals surface area contributed by atoms with Crippen LogP contribution in [-0.4, -0.2) is 24.6 Å². The average Bonchev–Trinajstić information content (AvgIpc) is 3.07. The van der Waals surface area contributed by atoms with Crippen LogP contribution >= 0.6 is 0 Å². The Kier molecular flexibility index (Phi) is 5.28. The third-order valence-corrected chi connectivity index (χ3v) is 6.42. The average molecular weight is 454 g/mol. The van der Waals surface area contributed by atoms with Crippen LogP contribution in [0.15, 0.2) is 72.8 Å². The van der Waals surface area contributed by atoms with Gasteiger partial charge >= 0.3 is 5.97 Å². The summed E-state index contributed by atoms with van der Waals surface area (Å²) in [7, 11) is 1.62. The van der Waals surface area contributed by atoms with Gasteiger partial charge in [0.1, 0.15) is 5.75 Å². The Balaban J connectivity index is 1.84. The SMILES string of the molecule is COc1ccc(C2=C(c3ccc(C)cc3)C(=O)C3(CC(C)C)OC(=O)c4ccccc4N23)cc1. The van der Waals surface area contributed by atoms with Gasteiger partial charge in [0.05, 0.1) is 29.6 Å². The lowest BCUT2D eigenvalue weighted by molar-refractivity contribution is -0.132. The first-order chi connectivity index (χ1) is 16.4. The van der Waals surface area contributed by atoms with E-state index in [9.17, 15) is 9.59 Å². The number of benzene rings is 3. The van der Waals surface area contributed by atoms with Crippen molar-refractivity contribution in [3.63, 3.8) is 0 Å². The third-order valence-electron chi connectivity index (χ3n) is 6.42. The molecule has 2 heterocycles. The Morgan fingerprint density at radius 3 is 2.21 bits per heavy atom. The summed E-state index contributed by atoms with van der Waals surface area (Å²) in [5.74, 6) is 0.169. The highest BCUT2D eigenvalue weighted by atomic mass is 16.6. The van der Waals surface area contributed by atoms with Crippen molar-refractivity contribution in [3.05, 3.63) is 95.1 Å². The molecule has 0 aromatic heterocycles. The van der Waals surface area contributed by atoms with Crippen LogP contribution in [-0.2, 0) is 9.53 Å². The van der Waals surface area contributed by atoms with E-state index in [4.69, 9.17) is 9.47 Å². The zero-order valence-electron chi connectivity index (χ0n) is 19.8. The monoisotopic (exact) mass is 453 g/mol. The van der Waals surface area contributed by atoms with Crippen molar-refractivity contribution >= 4 is 28.7 Å². The van der Waals surface area contributed by atoms with Crippen LogP contribution < -0.4 is 9.64 Å². The number of Topliss-reactive ketones (excluding diaryl/α,β-unsaturated/α-hetero) is 1. The molecule has 0 saturated carbocycles. The molecule has 34 heavy (non-hydrogen) atoms. The van der Waals surface area contributed by atoms with E-state index in [2.05, 4.69) is 0 Å². The molecule has 0 spiro atoms. The summed E-state index contributed by atoms with van der Waals surface area (Å²) in [4.78, 5) is 29.4. The fourth-order valence-electron chi connectivity index (χ4n) is 4.94. The van der Waals surface area contributed by atoms with Gasteiger partial charge in [-0.25, -0.2) is 4.79 Å². The maximum Gasteiger partial charge on any atom is 0.342 e. The van der Waals surface area contributed by atoms with E-state index in [0.717, 1.165) is 28.1 Å². The fraction of sp³-hybridized carbons (Fsp3) is 0.241. The molecular formula is C29H27NO4. The number of esters is 1. The number of hydrogen-bond donors (Lipinski definition) is 0. The molecule has 2 aliphatic rings. The van der Waals surface area contributed by atoms with Gasteiger partial charge in [-0.05, 0) is 60.4 Å². The Morgan fingerprint density at radius 2 is 1.56 bits per heavy atom. The molecule has 0 bridgehead atoms. The Morgan fingerprint density at radius 1 is 0.912 bits per heavy atom. The predicted molar refractivity (Wildman–Crippen MR) is 133 cm³/mol. The molecule has 0 fully saturated rings. The van der Waals surface area contributed by atoms with E-state index in [1.54, 1.807) is 13.2 Å². The molecule has 0 aliphatic carbocycles. The molecule has 3 aromatic carbocycles. The lowest BCUT2D eigenvalue weighted by Gasteiger charge is -2.44. The van der Waals surface area contributed by atoms with Gasteiger partial charge in [-0.2, -0.15) is 0 Å². The van der Waals surface area contributed by atoms with Crippen LogP contribution in [0.3, 0.4) is 0 Å². The van der Waals surface area contributed by atoms with Crippen LogP contribution in [0.1, 0.15) is 47.3 Å². The second-order valence-corrected chi connectivity index (χ2v) is 9.27. The minimum absolute atomic E-state index is 0.110. The Hall–Kier alpha value is -3.86. The molecule has 2 aliphatic heterocycles. The van der Waals surface area contributed by atoms with Crippen molar-refractivity contribution in [2.75, 3.05) is 12.0 Å². The number of carbonyl (C=O) groups is 2. The number of rotatable bonds is 5. The molecule has 5 heteroatoms. The normalized spacial score (nSPS) is 19.3. The quantitative estimate of drug-likeness (QED) is 0.452. The second-order valence-electron chi connectivity index (χ2n) is 9.27. The van der Waals surface area contributed by atoms with Crippen molar-refractivity contribution in [1.82, 2.24) is 0 Å². The zero-order chi connectivity index (χ0) is 24.0. The number of ether oxygens (including phenoxy) is 2. The molecule has 1 unspecified atom stereocenters. The first-order valence-corrected chi connectivity index (χ1v) is 11.5. The van der Waals surface area contributed by atoms with Gasteiger partial charge in [0.2, 0.25) is 5.78 Å². The second kappa shape index (κ2) is 8.17. The van der Waals surface area contributed by atoms with E-state index >= 15 is 0 Å². The van der Waals surface area contributed by atoms with Crippen LogP contribution in [0.25, 0.3) is 11.3 Å². The maximum absolute atomic E-state index is 14.3. The first-order valence-electron chi connectivity index (χ1n) is 11.5. The van der Waals surface area contributed by atoms with Crippen LogP contribution in [0, 0.1) is 12.8 Å². The molecule has 0 amide bonds. The van der Waals surface area contributed by atoms with E-state index in [1.807, 2.05) is 92.4 Å². The van der Waals surface area contributed by atoms with Gasteiger partial charge in [-0.1, -0.05) is 55.8 Å². The minimum atomic E-state index is -1.44. The number of fused-ring (bicyclic) bond motifs is 3. The van der Waals surface area contributed by atoms with Crippen molar-refractivity contribution in [3.8, 4) is 5.75 Å². The highest BCUT2D eigenvalue weighted by Gasteiger charge is 2.60. The van der Waals surface area contributed by atoms with Crippen molar-refractivity contribution in [1.29, 1.82) is 0 Å². The first kappa shape index (κ1) is 22.0. The summed E-state index contributed by atoms with van der Waals surface area (Å²) >= 11 is 0. The summed E-state index contributed by atoms with van der Waals surface area (Å²) < 4.78 is 11.5. The topological polar surface area (TPSA) is 55.8 Å². The van der Waals surface area contributed by atoms with Gasteiger partial charge in [0.15, 0.2) is 0 Å². The fourth-order valence-corrected chi connectivity index (χ4v) is 4.94. The number of hydrogen-bond acceptors (Lipinski definition) is 5. The molecule has 3 aromatic rings. The molecule has 5 nitrogen and oxygen atoms in total. The molecule has 0 radical (unpaired) electrons. The minimum Gasteiger partial charge on any atom is -0.497 e. The highest BCUT2D eigenvalue weighted by molar-refractivity contribution is 6.38. The van der Waals surface area contributed by atoms with Crippen LogP contribution in [0.4, 0.5) is 5.69 Å². The van der Waals surface area contributed by atoms with E-state index in [-0.39, 0.29) is 11.7 Å². The summed E-state index contributed by atoms with van der Waals surface area (Å²) in [6.45, 7) is 6.08. The van der Waals surface area contributed by atoms with Gasteiger partial charge in [-0.15, -0.1) is 0 Å². The highest BCUT2D eigenvalue weighted by Crippen LogP contribution is 2.53. The van der Waals surface area contributed by atoms with Gasteiger partial charge in [0.25, 0.3) is 5.72 Å². The van der Waals surface area contributed by atoms with Gasteiger partial charge in [0, 0.05) is 6.42 Å². The van der Waals surface area contributed by atoms with Crippen LogP contribution in [0.5, 0.6) is 5.75 Å². The molecule has 5 rings (SSSR count). The maximum atomic E-state index is 14.3. The number of nitrogens with zero attached hydrogens (tertiary/aromatic N) is 1. The number of carbonyl (C=O) groups excluding carboxylic acids is 2. The lowest BCUT2D eigenvalue weighted by atomic mass is 9.90. The van der Waals surface area contributed by atoms with Crippen molar-refractivity contribution in [2.24, 2.45) is 5.92 Å². The summed E-state index contributed by atoms with van der Waals surface area (Å²) in [6, 6.07) is 22.9. The Bertz CT molecular complexity index is 1300. The number of para-hydroxylation sites is 1. The number of anilines is 1. The smallest absolute Gasteiger partial charge is 0.342 e. The number of methoxy groups -OCH3 is 1. The molecule has 0 N–H and O–H groups in total. The van der Waals surface area contributed by atoms with Crippen molar-refractivity contribution in [2.45, 2.75) is 32.9 Å². The third kappa shape index (κ3) is 3.31.